The molecule has 2 aromatic rings. The summed E-state index contributed by atoms with van der Waals surface area (Å²) < 4.78 is 25.1. The lowest BCUT2D eigenvalue weighted by Gasteiger charge is -2.08. The minimum atomic E-state index is -2.92. The Hall–Kier alpha value is -1.63. The first-order valence-electron chi connectivity index (χ1n) is 6.34. The number of aromatic nitrogens is 3. The molecule has 2 aromatic heterocycles. The van der Waals surface area contributed by atoms with Crippen LogP contribution >= 0.6 is 0 Å². The fraction of sp³-hybridized carbons (Fsp3) is 0.500. The molecule has 0 bridgehead atoms. The third kappa shape index (κ3) is 2.30. The molecule has 1 N–H and O–H groups in total. The molecule has 3 heterocycles. The molecular weight excluding hydrogens is 264 g/mol. The van der Waals surface area contributed by atoms with Crippen molar-refractivity contribution >= 4 is 21.4 Å². The van der Waals surface area contributed by atoms with Crippen LogP contribution in [0.3, 0.4) is 0 Å². The van der Waals surface area contributed by atoms with Crippen molar-refractivity contribution in [1.82, 2.24) is 14.6 Å². The molecule has 3 rings (SSSR count). The number of nitrogens with one attached hydrogen (secondary N) is 1. The number of pyridine rings is 1. The second kappa shape index (κ2) is 4.48. The van der Waals surface area contributed by atoms with Crippen LogP contribution in [0, 0.1) is 6.92 Å². The van der Waals surface area contributed by atoms with E-state index in [1.807, 2.05) is 25.3 Å². The smallest absolute Gasteiger partial charge is 0.243 e. The summed E-state index contributed by atoms with van der Waals surface area (Å²) >= 11 is 0. The fourth-order valence-electron chi connectivity index (χ4n) is 2.41. The predicted octanol–water partition coefficient (Wildman–Crippen LogP) is 1.03. The van der Waals surface area contributed by atoms with Gasteiger partial charge in [0.2, 0.25) is 5.95 Å². The van der Waals surface area contributed by atoms with Crippen molar-refractivity contribution in [3.8, 4) is 0 Å². The van der Waals surface area contributed by atoms with Gasteiger partial charge in [-0.2, -0.15) is 4.98 Å². The summed E-state index contributed by atoms with van der Waals surface area (Å²) in [5.74, 6) is 0.785. The Kier molecular flexibility index (Phi) is 2.93. The molecule has 0 amide bonds. The van der Waals surface area contributed by atoms with E-state index in [-0.39, 0.29) is 5.25 Å². The maximum Gasteiger partial charge on any atom is 0.243 e. The Morgan fingerprint density at radius 3 is 3.05 bits per heavy atom. The summed E-state index contributed by atoms with van der Waals surface area (Å²) in [6.45, 7) is 2.35. The maximum absolute atomic E-state index is 11.7. The molecule has 1 unspecified atom stereocenters. The Morgan fingerprint density at radius 1 is 1.53 bits per heavy atom. The SMILES string of the molecule is Cc1cccn2nc(NCC3CCCS3(=O)=O)nc12. The molecule has 0 aromatic carbocycles. The zero-order valence-electron chi connectivity index (χ0n) is 10.7. The molecule has 0 spiro atoms. The Bertz CT molecular complexity index is 708. The topological polar surface area (TPSA) is 76.4 Å². The van der Waals surface area contributed by atoms with Gasteiger partial charge in [0.05, 0.1) is 11.0 Å². The minimum absolute atomic E-state index is 0.303. The molecule has 6 nitrogen and oxygen atoms in total. The molecule has 7 heteroatoms. The molecule has 1 fully saturated rings. The predicted molar refractivity (Wildman–Crippen MR) is 73.0 cm³/mol. The lowest BCUT2D eigenvalue weighted by atomic mass is 10.2. The summed E-state index contributed by atoms with van der Waals surface area (Å²) in [5, 5.41) is 7.01. The Morgan fingerprint density at radius 2 is 2.37 bits per heavy atom. The van der Waals surface area contributed by atoms with Crippen molar-refractivity contribution in [1.29, 1.82) is 0 Å². The number of anilines is 1. The van der Waals surface area contributed by atoms with Gasteiger partial charge in [0, 0.05) is 12.7 Å². The Labute approximate surface area is 111 Å². The highest BCUT2D eigenvalue weighted by Gasteiger charge is 2.31. The monoisotopic (exact) mass is 280 g/mol. The van der Waals surface area contributed by atoms with Crippen molar-refractivity contribution in [2.45, 2.75) is 25.0 Å². The highest BCUT2D eigenvalue weighted by Crippen LogP contribution is 2.20. The summed E-state index contributed by atoms with van der Waals surface area (Å²) in [6.07, 6.45) is 3.31. The van der Waals surface area contributed by atoms with Gasteiger partial charge >= 0.3 is 0 Å². The zero-order valence-corrected chi connectivity index (χ0v) is 11.5. The normalized spacial score (nSPS) is 21.8. The molecule has 1 atom stereocenters. The number of rotatable bonds is 3. The molecule has 0 aliphatic carbocycles. The first kappa shape index (κ1) is 12.4. The summed E-state index contributed by atoms with van der Waals surface area (Å²) in [5.41, 5.74) is 1.83. The fourth-order valence-corrected chi connectivity index (χ4v) is 4.17. The second-order valence-corrected chi connectivity index (χ2v) is 7.31. The zero-order chi connectivity index (χ0) is 13.5. The molecular formula is C12H16N4O2S. The van der Waals surface area contributed by atoms with Crippen molar-refractivity contribution in [3.63, 3.8) is 0 Å². The van der Waals surface area contributed by atoms with Gasteiger partial charge in [0.15, 0.2) is 15.5 Å². The molecule has 1 saturated heterocycles. The molecule has 19 heavy (non-hydrogen) atoms. The first-order valence-corrected chi connectivity index (χ1v) is 8.05. The van der Waals surface area contributed by atoms with Crippen molar-refractivity contribution in [2.24, 2.45) is 0 Å². The van der Waals surface area contributed by atoms with Gasteiger partial charge in [-0.05, 0) is 31.4 Å². The van der Waals surface area contributed by atoms with E-state index in [0.29, 0.717) is 18.2 Å². The van der Waals surface area contributed by atoms with Crippen LogP contribution in [0.5, 0.6) is 0 Å². The van der Waals surface area contributed by atoms with Crippen molar-refractivity contribution < 1.29 is 8.42 Å². The number of sulfone groups is 1. The third-order valence-corrected chi connectivity index (χ3v) is 5.78. The highest BCUT2D eigenvalue weighted by molar-refractivity contribution is 7.92. The van der Waals surface area contributed by atoms with Crippen LogP contribution in [0.15, 0.2) is 18.3 Å². The van der Waals surface area contributed by atoms with Gasteiger partial charge in [-0.1, -0.05) is 6.07 Å². The molecule has 1 aliphatic rings. The maximum atomic E-state index is 11.7. The van der Waals surface area contributed by atoms with Gasteiger partial charge in [0.25, 0.3) is 0 Å². The van der Waals surface area contributed by atoms with E-state index >= 15 is 0 Å². The standard InChI is InChI=1S/C12H16N4O2S/c1-9-4-2-6-16-11(9)14-12(15-16)13-8-10-5-3-7-19(10,17)18/h2,4,6,10H,3,5,7-8H2,1H3,(H,13,15). The summed E-state index contributed by atoms with van der Waals surface area (Å²) in [6, 6.07) is 3.87. The van der Waals surface area contributed by atoms with Gasteiger partial charge in [-0.25, -0.2) is 12.9 Å². The second-order valence-electron chi connectivity index (χ2n) is 4.91. The summed E-state index contributed by atoms with van der Waals surface area (Å²) in [4.78, 5) is 4.37. The van der Waals surface area contributed by atoms with Crippen LogP contribution in [0.1, 0.15) is 18.4 Å². The van der Waals surface area contributed by atoms with Crippen LogP contribution in [0.2, 0.25) is 0 Å². The van der Waals surface area contributed by atoms with Crippen LogP contribution in [-0.4, -0.2) is 40.6 Å². The van der Waals surface area contributed by atoms with E-state index < -0.39 is 9.84 Å². The number of hydrogen-bond acceptors (Lipinski definition) is 5. The average molecular weight is 280 g/mol. The van der Waals surface area contributed by atoms with Crippen LogP contribution in [0.25, 0.3) is 5.65 Å². The van der Waals surface area contributed by atoms with Gasteiger partial charge < -0.3 is 5.32 Å². The van der Waals surface area contributed by atoms with Crippen LogP contribution in [0.4, 0.5) is 5.95 Å². The van der Waals surface area contributed by atoms with Crippen LogP contribution < -0.4 is 5.32 Å². The average Bonchev–Trinajstić information content (AvgIpc) is 2.90. The number of aryl methyl sites for hydroxylation is 1. The number of nitrogens with zero attached hydrogens (tertiary/aromatic N) is 3. The quantitative estimate of drug-likeness (QED) is 0.908. The van der Waals surface area contributed by atoms with Crippen molar-refractivity contribution in [3.05, 3.63) is 23.9 Å². The van der Waals surface area contributed by atoms with E-state index in [4.69, 9.17) is 0 Å². The molecule has 0 radical (unpaired) electrons. The van der Waals surface area contributed by atoms with Crippen LogP contribution in [-0.2, 0) is 9.84 Å². The largest absolute Gasteiger partial charge is 0.352 e. The van der Waals surface area contributed by atoms with E-state index in [1.54, 1.807) is 4.52 Å². The van der Waals surface area contributed by atoms with E-state index in [1.165, 1.54) is 0 Å². The van der Waals surface area contributed by atoms with E-state index in [0.717, 1.165) is 24.1 Å². The van der Waals surface area contributed by atoms with Gasteiger partial charge in [-0.3, -0.25) is 0 Å². The number of fused-ring (bicyclic) bond motifs is 1. The molecule has 102 valence electrons. The third-order valence-electron chi connectivity index (χ3n) is 3.51. The number of hydrogen-bond donors (Lipinski definition) is 1. The Balaban J connectivity index is 1.77. The van der Waals surface area contributed by atoms with E-state index in [2.05, 4.69) is 15.4 Å². The van der Waals surface area contributed by atoms with Gasteiger partial charge in [-0.15, -0.1) is 5.10 Å². The lowest BCUT2D eigenvalue weighted by Crippen LogP contribution is -2.25. The van der Waals surface area contributed by atoms with Gasteiger partial charge in [0.1, 0.15) is 0 Å². The minimum Gasteiger partial charge on any atom is -0.352 e. The first-order chi connectivity index (χ1) is 9.06. The van der Waals surface area contributed by atoms with Crippen molar-refractivity contribution in [2.75, 3.05) is 17.6 Å². The molecule has 0 saturated carbocycles. The lowest BCUT2D eigenvalue weighted by molar-refractivity contribution is 0.591. The van der Waals surface area contributed by atoms with E-state index in [9.17, 15) is 8.42 Å². The highest BCUT2D eigenvalue weighted by atomic mass is 32.2. The molecule has 1 aliphatic heterocycles. The summed E-state index contributed by atoms with van der Waals surface area (Å²) in [7, 11) is -2.92.